The number of rotatable bonds is 2. The van der Waals surface area contributed by atoms with Crippen molar-refractivity contribution >= 4 is 22.4 Å². The Bertz CT molecular complexity index is 1170. The minimum atomic E-state index is -0.125. The van der Waals surface area contributed by atoms with Gasteiger partial charge in [0, 0.05) is 5.56 Å². The predicted octanol–water partition coefficient (Wildman–Crippen LogP) is 3.66. The van der Waals surface area contributed by atoms with E-state index in [0.29, 0.717) is 15.3 Å². The zero-order valence-electron chi connectivity index (χ0n) is 14.9. The van der Waals surface area contributed by atoms with Gasteiger partial charge in [0.2, 0.25) is 4.96 Å². The maximum absolute atomic E-state index is 12.6. The normalized spacial score (nSPS) is 12.8. The average Bonchev–Trinajstić information content (AvgIpc) is 3.16. The van der Waals surface area contributed by atoms with E-state index in [9.17, 15) is 4.79 Å². The van der Waals surface area contributed by atoms with Crippen molar-refractivity contribution in [2.45, 2.75) is 26.2 Å². The summed E-state index contributed by atoms with van der Waals surface area (Å²) in [5, 5.41) is 4.37. The van der Waals surface area contributed by atoms with Crippen LogP contribution >= 0.6 is 11.3 Å². The molecule has 0 aliphatic carbocycles. The van der Waals surface area contributed by atoms with Crippen LogP contribution < -0.4 is 10.1 Å². The van der Waals surface area contributed by atoms with Gasteiger partial charge >= 0.3 is 0 Å². The van der Waals surface area contributed by atoms with E-state index in [1.807, 2.05) is 48.5 Å². The highest BCUT2D eigenvalue weighted by Crippen LogP contribution is 2.22. The molecule has 2 aromatic carbocycles. The van der Waals surface area contributed by atoms with Crippen LogP contribution in [-0.2, 0) is 5.41 Å². The second kappa shape index (κ2) is 6.18. The van der Waals surface area contributed by atoms with Gasteiger partial charge in [0.1, 0.15) is 0 Å². The highest BCUT2D eigenvalue weighted by Gasteiger charge is 2.13. The summed E-state index contributed by atoms with van der Waals surface area (Å²) < 4.78 is 2.03. The molecule has 4 nitrogen and oxygen atoms in total. The highest BCUT2D eigenvalue weighted by molar-refractivity contribution is 7.15. The number of nitrogens with zero attached hydrogens (tertiary/aromatic N) is 3. The third kappa shape index (κ3) is 3.06. The Morgan fingerprint density at radius 2 is 1.69 bits per heavy atom. The molecule has 0 saturated heterocycles. The van der Waals surface area contributed by atoms with E-state index in [1.54, 1.807) is 0 Å². The summed E-state index contributed by atoms with van der Waals surface area (Å²) in [5.74, 6) is 0.579. The quantitative estimate of drug-likeness (QED) is 0.547. The first-order valence-corrected chi connectivity index (χ1v) is 9.31. The van der Waals surface area contributed by atoms with Gasteiger partial charge < -0.3 is 0 Å². The van der Waals surface area contributed by atoms with Gasteiger partial charge in [-0.1, -0.05) is 86.7 Å². The lowest BCUT2D eigenvalue weighted by Crippen LogP contribution is -2.23. The van der Waals surface area contributed by atoms with Crippen LogP contribution in [0.3, 0.4) is 0 Å². The lowest BCUT2D eigenvalue weighted by Gasteiger charge is -2.18. The first-order valence-electron chi connectivity index (χ1n) is 8.49. The fourth-order valence-electron chi connectivity index (χ4n) is 2.77. The summed E-state index contributed by atoms with van der Waals surface area (Å²) in [6.07, 6.45) is 1.90. The summed E-state index contributed by atoms with van der Waals surface area (Å²) in [6.45, 7) is 6.56. The molecule has 0 amide bonds. The molecule has 0 aliphatic heterocycles. The zero-order chi connectivity index (χ0) is 18.3. The van der Waals surface area contributed by atoms with Crippen LogP contribution in [0.1, 0.15) is 31.9 Å². The van der Waals surface area contributed by atoms with Gasteiger partial charge in [0.15, 0.2) is 5.82 Å². The Hall–Kier alpha value is -2.79. The molecule has 0 spiro atoms. The standard InChI is InChI=1S/C21H19N3OS/c1-21(2,3)16-11-9-14(10-12-16)13-17-19(25)24-20(26-17)22-18(23-24)15-7-5-4-6-8-15/h4-13H,1-3H3/b17-13-. The maximum Gasteiger partial charge on any atom is 0.291 e. The second-order valence-corrected chi connectivity index (χ2v) is 8.29. The summed E-state index contributed by atoms with van der Waals surface area (Å²) in [5.41, 5.74) is 3.17. The van der Waals surface area contributed by atoms with Crippen LogP contribution in [0.4, 0.5) is 0 Å². The number of hydrogen-bond donors (Lipinski definition) is 0. The molecule has 0 N–H and O–H groups in total. The second-order valence-electron chi connectivity index (χ2n) is 7.28. The smallest absolute Gasteiger partial charge is 0.266 e. The molecule has 2 aromatic heterocycles. The number of thiazole rings is 1. The number of fused-ring (bicyclic) bond motifs is 1. The molecule has 0 unspecified atom stereocenters. The van der Waals surface area contributed by atoms with Crippen molar-refractivity contribution in [3.8, 4) is 11.4 Å². The van der Waals surface area contributed by atoms with Crippen LogP contribution in [0.2, 0.25) is 0 Å². The largest absolute Gasteiger partial charge is 0.291 e. The fourth-order valence-corrected chi connectivity index (χ4v) is 3.68. The molecule has 0 atom stereocenters. The van der Waals surface area contributed by atoms with Crippen LogP contribution in [0, 0.1) is 0 Å². The lowest BCUT2D eigenvalue weighted by molar-refractivity contribution is 0.590. The number of benzene rings is 2. The van der Waals surface area contributed by atoms with Gasteiger partial charge in [-0.15, -0.1) is 5.10 Å². The number of aromatic nitrogens is 3. The van der Waals surface area contributed by atoms with Crippen molar-refractivity contribution in [3.05, 3.63) is 80.6 Å². The van der Waals surface area contributed by atoms with Crippen molar-refractivity contribution in [1.82, 2.24) is 14.6 Å². The van der Waals surface area contributed by atoms with E-state index in [-0.39, 0.29) is 11.0 Å². The SMILES string of the molecule is CC(C)(C)c1ccc(/C=c2\sc3nc(-c4ccccc4)nn3c2=O)cc1. The number of hydrogen-bond acceptors (Lipinski definition) is 4. The first-order chi connectivity index (χ1) is 12.4. The van der Waals surface area contributed by atoms with Crippen LogP contribution in [0.25, 0.3) is 22.4 Å². The fraction of sp³-hybridized carbons (Fsp3) is 0.190. The van der Waals surface area contributed by atoms with Crippen molar-refractivity contribution in [2.24, 2.45) is 0 Å². The van der Waals surface area contributed by atoms with Crippen molar-refractivity contribution < 1.29 is 0 Å². The Kier molecular flexibility index (Phi) is 3.96. The zero-order valence-corrected chi connectivity index (χ0v) is 15.7. The molecule has 130 valence electrons. The topological polar surface area (TPSA) is 47.3 Å². The lowest BCUT2D eigenvalue weighted by atomic mass is 9.87. The third-order valence-electron chi connectivity index (χ3n) is 4.29. The molecule has 26 heavy (non-hydrogen) atoms. The molecule has 2 heterocycles. The van der Waals surface area contributed by atoms with Gasteiger partial charge in [-0.05, 0) is 22.6 Å². The molecule has 4 aromatic rings. The summed E-state index contributed by atoms with van der Waals surface area (Å²) in [7, 11) is 0. The van der Waals surface area contributed by atoms with Gasteiger partial charge in [-0.3, -0.25) is 4.79 Å². The maximum atomic E-state index is 12.6. The van der Waals surface area contributed by atoms with Crippen LogP contribution in [0.5, 0.6) is 0 Å². The molecule has 0 fully saturated rings. The van der Waals surface area contributed by atoms with E-state index in [0.717, 1.165) is 11.1 Å². The van der Waals surface area contributed by atoms with Gasteiger partial charge in [0.25, 0.3) is 5.56 Å². The van der Waals surface area contributed by atoms with Crippen molar-refractivity contribution in [3.63, 3.8) is 0 Å². The highest BCUT2D eigenvalue weighted by atomic mass is 32.1. The molecule has 0 saturated carbocycles. The van der Waals surface area contributed by atoms with E-state index in [2.05, 4.69) is 43.0 Å². The van der Waals surface area contributed by atoms with Crippen molar-refractivity contribution in [2.75, 3.05) is 0 Å². The van der Waals surface area contributed by atoms with Gasteiger partial charge in [-0.2, -0.15) is 9.50 Å². The molecule has 4 rings (SSSR count). The monoisotopic (exact) mass is 361 g/mol. The molecule has 5 heteroatoms. The Balaban J connectivity index is 1.74. The van der Waals surface area contributed by atoms with E-state index in [4.69, 9.17) is 0 Å². The summed E-state index contributed by atoms with van der Waals surface area (Å²) in [6, 6.07) is 18.0. The third-order valence-corrected chi connectivity index (χ3v) is 5.25. The van der Waals surface area contributed by atoms with E-state index >= 15 is 0 Å². The minimum Gasteiger partial charge on any atom is -0.266 e. The average molecular weight is 361 g/mol. The van der Waals surface area contributed by atoms with Crippen LogP contribution in [0.15, 0.2) is 59.4 Å². The van der Waals surface area contributed by atoms with Crippen LogP contribution in [-0.4, -0.2) is 14.6 Å². The molecule has 0 radical (unpaired) electrons. The molecule has 0 aliphatic rings. The Labute approximate surface area is 155 Å². The predicted molar refractivity (Wildman–Crippen MR) is 106 cm³/mol. The summed E-state index contributed by atoms with van der Waals surface area (Å²) >= 11 is 1.37. The molecular weight excluding hydrogens is 342 g/mol. The summed E-state index contributed by atoms with van der Waals surface area (Å²) in [4.78, 5) is 17.8. The van der Waals surface area contributed by atoms with Gasteiger partial charge in [0.05, 0.1) is 4.53 Å². The minimum absolute atomic E-state index is 0.115. The van der Waals surface area contributed by atoms with Crippen molar-refractivity contribution in [1.29, 1.82) is 0 Å². The first kappa shape index (κ1) is 16.7. The van der Waals surface area contributed by atoms with E-state index < -0.39 is 0 Å². The Morgan fingerprint density at radius 1 is 1.00 bits per heavy atom. The van der Waals surface area contributed by atoms with Gasteiger partial charge in [-0.25, -0.2) is 0 Å². The Morgan fingerprint density at radius 3 is 2.31 bits per heavy atom. The van der Waals surface area contributed by atoms with E-state index in [1.165, 1.54) is 21.4 Å². The molecular formula is C21H19N3OS. The molecule has 0 bridgehead atoms.